The summed E-state index contributed by atoms with van der Waals surface area (Å²) in [5, 5.41) is 3.29. The van der Waals surface area contributed by atoms with Crippen LogP contribution in [-0.2, 0) is 23.9 Å². The van der Waals surface area contributed by atoms with Crippen LogP contribution in [0, 0.1) is 11.8 Å². The lowest BCUT2D eigenvalue weighted by atomic mass is 9.79. The Hall–Kier alpha value is -2.55. The van der Waals surface area contributed by atoms with Gasteiger partial charge in [0.1, 0.15) is 0 Å². The lowest BCUT2D eigenvalue weighted by Gasteiger charge is -2.26. The van der Waals surface area contributed by atoms with Crippen molar-refractivity contribution < 1.29 is 23.9 Å². The van der Waals surface area contributed by atoms with Crippen LogP contribution in [-0.4, -0.2) is 62.1 Å². The first-order valence-electron chi connectivity index (χ1n) is 20.5. The van der Waals surface area contributed by atoms with E-state index < -0.39 is 0 Å². The van der Waals surface area contributed by atoms with Crippen LogP contribution >= 0.6 is 0 Å². The Balaban J connectivity index is 2.99. The molecule has 1 heterocycles. The van der Waals surface area contributed by atoms with Crippen molar-refractivity contribution in [3.05, 3.63) is 29.3 Å². The number of esters is 2. The SMILES string of the molecule is C=C=C=C=C1C(CCCCC)CCOC(=O)CCCCCCCC(NC(=O)CN(C)CC)CCCCCCCC(=O)OCCC1CCCCC. The number of ether oxygens (including phenoxy) is 2. The molecule has 0 saturated carbocycles. The normalized spacial score (nSPS) is 22.0. The molecule has 1 fully saturated rings. The minimum absolute atomic E-state index is 0.105. The van der Waals surface area contributed by atoms with E-state index in [9.17, 15) is 14.4 Å². The monoisotopic (exact) mass is 699 g/mol. The van der Waals surface area contributed by atoms with E-state index >= 15 is 0 Å². The predicted molar refractivity (Wildman–Crippen MR) is 206 cm³/mol. The quantitative estimate of drug-likeness (QED) is 0.124. The van der Waals surface area contributed by atoms with E-state index in [-0.39, 0.29) is 35.7 Å². The van der Waals surface area contributed by atoms with Crippen LogP contribution in [0.25, 0.3) is 0 Å². The van der Waals surface area contributed by atoms with E-state index in [1.54, 1.807) is 0 Å². The zero-order chi connectivity index (χ0) is 36.7. The Morgan fingerprint density at radius 1 is 0.740 bits per heavy atom. The molecule has 0 aliphatic carbocycles. The molecule has 1 aliphatic rings. The van der Waals surface area contributed by atoms with Crippen LogP contribution in [0.4, 0.5) is 0 Å². The largest absolute Gasteiger partial charge is 0.466 e. The summed E-state index contributed by atoms with van der Waals surface area (Å²) in [6.07, 6.45) is 23.5. The summed E-state index contributed by atoms with van der Waals surface area (Å²) >= 11 is 0. The van der Waals surface area contributed by atoms with Crippen molar-refractivity contribution in [1.82, 2.24) is 10.2 Å². The molecule has 0 radical (unpaired) electrons. The van der Waals surface area contributed by atoms with Crippen LogP contribution in [0.5, 0.6) is 0 Å². The first-order valence-corrected chi connectivity index (χ1v) is 20.5. The number of nitrogens with one attached hydrogen (secondary N) is 1. The lowest BCUT2D eigenvalue weighted by Crippen LogP contribution is -2.41. The number of rotatable bonds is 12. The molecule has 1 aliphatic heterocycles. The molecule has 286 valence electrons. The highest BCUT2D eigenvalue weighted by Gasteiger charge is 2.24. The third-order valence-corrected chi connectivity index (χ3v) is 10.1. The van der Waals surface area contributed by atoms with Gasteiger partial charge in [-0.15, -0.1) is 0 Å². The van der Waals surface area contributed by atoms with Crippen molar-refractivity contribution in [3.63, 3.8) is 0 Å². The van der Waals surface area contributed by atoms with Gasteiger partial charge in [-0.25, -0.2) is 0 Å². The fourth-order valence-corrected chi connectivity index (χ4v) is 6.92. The molecule has 0 aromatic carbocycles. The predicted octanol–water partition coefficient (Wildman–Crippen LogP) is 10.2. The van der Waals surface area contributed by atoms with Gasteiger partial charge in [0.15, 0.2) is 0 Å². The first-order chi connectivity index (χ1) is 24.3. The number of cyclic esters (lactones) is 2. The maximum atomic E-state index is 12.7. The van der Waals surface area contributed by atoms with Gasteiger partial charge in [0, 0.05) is 18.9 Å². The zero-order valence-corrected chi connectivity index (χ0v) is 32.7. The maximum Gasteiger partial charge on any atom is 0.305 e. The van der Waals surface area contributed by atoms with Gasteiger partial charge in [-0.2, -0.15) is 0 Å². The molecular formula is C43H74N2O5. The average molecular weight is 699 g/mol. The Morgan fingerprint density at radius 3 is 1.68 bits per heavy atom. The summed E-state index contributed by atoms with van der Waals surface area (Å²) in [5.41, 5.74) is 10.4. The molecular weight excluding hydrogens is 624 g/mol. The highest BCUT2D eigenvalue weighted by molar-refractivity contribution is 5.78. The number of carbonyl (C=O) groups excluding carboxylic acids is 3. The maximum absolute atomic E-state index is 12.7. The molecule has 1 amide bonds. The minimum atomic E-state index is -0.114. The second-order valence-corrected chi connectivity index (χ2v) is 14.5. The Kier molecular flexibility index (Phi) is 28.4. The minimum Gasteiger partial charge on any atom is -0.466 e. The summed E-state index contributed by atoms with van der Waals surface area (Å²) in [7, 11) is 1.97. The van der Waals surface area contributed by atoms with Gasteiger partial charge in [0.25, 0.3) is 0 Å². The summed E-state index contributed by atoms with van der Waals surface area (Å²) in [4.78, 5) is 40.1. The fraction of sp³-hybridized carbons (Fsp3) is 0.814. The molecule has 2 atom stereocenters. The van der Waals surface area contributed by atoms with Crippen LogP contribution in [0.3, 0.4) is 0 Å². The molecule has 1 N–H and O–H groups in total. The third kappa shape index (κ3) is 23.8. The van der Waals surface area contributed by atoms with Crippen molar-refractivity contribution >= 4 is 17.8 Å². The van der Waals surface area contributed by atoms with Crippen molar-refractivity contribution in [1.29, 1.82) is 0 Å². The number of allylic oxidation sites excluding steroid dienone is 1. The summed E-state index contributed by atoms with van der Waals surface area (Å²) in [6, 6.07) is 0.200. The Bertz CT molecular complexity index is 986. The molecule has 0 bridgehead atoms. The van der Waals surface area contributed by atoms with E-state index in [1.807, 2.05) is 11.9 Å². The van der Waals surface area contributed by atoms with E-state index in [1.165, 1.54) is 5.57 Å². The van der Waals surface area contributed by atoms with E-state index in [2.05, 4.69) is 49.9 Å². The van der Waals surface area contributed by atoms with E-state index in [4.69, 9.17) is 9.47 Å². The second-order valence-electron chi connectivity index (χ2n) is 14.5. The number of hydrogen-bond donors (Lipinski definition) is 1. The topological polar surface area (TPSA) is 84.9 Å². The van der Waals surface area contributed by atoms with Crippen molar-refractivity contribution in [2.45, 2.75) is 181 Å². The van der Waals surface area contributed by atoms with Gasteiger partial charge in [-0.3, -0.25) is 19.3 Å². The Labute approximate surface area is 306 Å². The molecule has 1 rings (SSSR count). The fourth-order valence-electron chi connectivity index (χ4n) is 6.92. The lowest BCUT2D eigenvalue weighted by molar-refractivity contribution is -0.144. The zero-order valence-electron chi connectivity index (χ0n) is 32.7. The summed E-state index contributed by atoms with van der Waals surface area (Å²) < 4.78 is 11.6. The number of unbranched alkanes of at least 4 members (excludes halogenated alkanes) is 4. The van der Waals surface area contributed by atoms with Crippen LogP contribution in [0.1, 0.15) is 175 Å². The molecule has 7 nitrogen and oxygen atoms in total. The standard InChI is InChI=1S/C43H74N2O5/c1-6-10-19-25-37-32-34-49-42(47)30-23-17-13-15-21-27-39(44-41(46)36-45(5)9-4)28-22-16-14-18-24-31-43(48)50-35-33-38(26-20-11-7-2)40(37)29-12-8-3/h37-39H,3,6-7,9-11,13-28,30-36H2,1-2,4-5H3,(H,44,46). The average Bonchev–Trinajstić information content (AvgIpc) is 3.09. The van der Waals surface area contributed by atoms with E-state index in [0.717, 1.165) is 148 Å². The molecule has 0 aromatic heterocycles. The first kappa shape index (κ1) is 45.5. The smallest absolute Gasteiger partial charge is 0.305 e. The number of amides is 1. The molecule has 1 saturated heterocycles. The highest BCUT2D eigenvalue weighted by Crippen LogP contribution is 2.33. The third-order valence-electron chi connectivity index (χ3n) is 10.1. The summed E-state index contributed by atoms with van der Waals surface area (Å²) in [5.74, 6) is 0.316. The van der Waals surface area contributed by atoms with Crippen molar-refractivity contribution in [2.24, 2.45) is 11.8 Å². The Morgan fingerprint density at radius 2 is 1.22 bits per heavy atom. The number of likely N-dealkylation sites (N-methyl/N-ethyl adjacent to an activating group) is 1. The van der Waals surface area contributed by atoms with E-state index in [0.29, 0.717) is 32.6 Å². The van der Waals surface area contributed by atoms with Gasteiger partial charge >= 0.3 is 11.9 Å². The van der Waals surface area contributed by atoms with Gasteiger partial charge in [-0.1, -0.05) is 122 Å². The summed E-state index contributed by atoms with van der Waals surface area (Å²) in [6.45, 7) is 12.3. The second kappa shape index (κ2) is 31.2. The van der Waals surface area contributed by atoms with Crippen molar-refractivity contribution in [3.8, 4) is 0 Å². The van der Waals surface area contributed by atoms with Crippen LogP contribution < -0.4 is 5.32 Å². The molecule has 50 heavy (non-hydrogen) atoms. The van der Waals surface area contributed by atoms with Gasteiger partial charge in [0.05, 0.1) is 19.8 Å². The molecule has 7 heteroatoms. The number of hydrogen-bond acceptors (Lipinski definition) is 6. The van der Waals surface area contributed by atoms with Gasteiger partial charge in [-0.05, 0) is 94.7 Å². The molecule has 0 aromatic rings. The molecule has 2 unspecified atom stereocenters. The number of nitrogens with zero attached hydrogens (tertiary/aromatic N) is 1. The van der Waals surface area contributed by atoms with Gasteiger partial charge < -0.3 is 14.8 Å². The molecule has 0 spiro atoms. The highest BCUT2D eigenvalue weighted by atomic mass is 16.5. The van der Waals surface area contributed by atoms with Gasteiger partial charge in [0.2, 0.25) is 5.91 Å². The van der Waals surface area contributed by atoms with Crippen LogP contribution in [0.2, 0.25) is 0 Å². The number of carbonyl (C=O) groups is 3. The van der Waals surface area contributed by atoms with Crippen molar-refractivity contribution in [2.75, 3.05) is 33.4 Å². The van der Waals surface area contributed by atoms with Crippen LogP contribution in [0.15, 0.2) is 29.3 Å².